The quantitative estimate of drug-likeness (QED) is 0.626. The third-order valence-electron chi connectivity index (χ3n) is 3.47. The van der Waals surface area contributed by atoms with Crippen molar-refractivity contribution in [2.45, 2.75) is 26.8 Å². The van der Waals surface area contributed by atoms with Crippen LogP contribution in [0.4, 0.5) is 5.13 Å². The van der Waals surface area contributed by atoms with Gasteiger partial charge in [0.25, 0.3) is 0 Å². The summed E-state index contributed by atoms with van der Waals surface area (Å²) in [4.78, 5) is 7.99. The van der Waals surface area contributed by atoms with Gasteiger partial charge in [-0.05, 0) is 24.8 Å². The van der Waals surface area contributed by atoms with E-state index in [2.05, 4.69) is 29.2 Å². The summed E-state index contributed by atoms with van der Waals surface area (Å²) in [5.74, 6) is 6.98. The molecule has 90 valence electrons. The molecular weight excluding hydrogens is 220 g/mol. The fourth-order valence-electron chi connectivity index (χ4n) is 2.16. The van der Waals surface area contributed by atoms with E-state index in [4.69, 9.17) is 5.84 Å². The zero-order valence-electron chi connectivity index (χ0n) is 9.94. The summed E-state index contributed by atoms with van der Waals surface area (Å²) >= 11 is 1.64. The van der Waals surface area contributed by atoms with Gasteiger partial charge in [0.1, 0.15) is 0 Å². The highest BCUT2D eigenvalue weighted by Gasteiger charge is 2.22. The van der Waals surface area contributed by atoms with E-state index in [0.29, 0.717) is 0 Å². The third kappa shape index (κ3) is 2.72. The molecule has 1 aliphatic rings. The monoisotopic (exact) mass is 240 g/mol. The van der Waals surface area contributed by atoms with Crippen LogP contribution in [0.1, 0.15) is 25.1 Å². The Kier molecular flexibility index (Phi) is 3.78. The molecule has 4 nitrogen and oxygen atoms in total. The lowest BCUT2D eigenvalue weighted by atomic mass is 9.89. The second-order valence-electron chi connectivity index (χ2n) is 4.75. The Morgan fingerprint density at radius 2 is 2.38 bits per heavy atom. The largest absolute Gasteiger partial charge is 0.300 e. The smallest absolute Gasteiger partial charge is 0.197 e. The van der Waals surface area contributed by atoms with Crippen LogP contribution in [0.2, 0.25) is 0 Å². The van der Waals surface area contributed by atoms with E-state index in [9.17, 15) is 0 Å². The van der Waals surface area contributed by atoms with E-state index in [-0.39, 0.29) is 0 Å². The van der Waals surface area contributed by atoms with E-state index >= 15 is 0 Å². The van der Waals surface area contributed by atoms with Crippen molar-refractivity contribution >= 4 is 16.5 Å². The van der Waals surface area contributed by atoms with Crippen LogP contribution in [0.3, 0.4) is 0 Å². The van der Waals surface area contributed by atoms with Crippen molar-refractivity contribution in [2.75, 3.05) is 18.5 Å². The summed E-state index contributed by atoms with van der Waals surface area (Å²) in [6.45, 7) is 8.11. The van der Waals surface area contributed by atoms with Crippen molar-refractivity contribution in [2.24, 2.45) is 17.7 Å². The summed E-state index contributed by atoms with van der Waals surface area (Å²) in [5.41, 5.74) is 2.59. The molecule has 16 heavy (non-hydrogen) atoms. The van der Waals surface area contributed by atoms with Gasteiger partial charge in [0, 0.05) is 24.2 Å². The molecule has 0 amide bonds. The van der Waals surface area contributed by atoms with E-state index in [1.165, 1.54) is 24.4 Å². The van der Waals surface area contributed by atoms with Crippen LogP contribution < -0.4 is 11.3 Å². The lowest BCUT2D eigenvalue weighted by molar-refractivity contribution is 0.133. The van der Waals surface area contributed by atoms with Gasteiger partial charge in [0.05, 0.1) is 0 Å². The maximum Gasteiger partial charge on any atom is 0.197 e. The predicted molar refractivity (Wildman–Crippen MR) is 68.1 cm³/mol. The molecule has 2 atom stereocenters. The molecule has 0 radical (unpaired) electrons. The molecule has 1 aromatic heterocycles. The first-order chi connectivity index (χ1) is 7.69. The van der Waals surface area contributed by atoms with Crippen LogP contribution >= 0.6 is 11.3 Å². The number of thiazole rings is 1. The van der Waals surface area contributed by atoms with Gasteiger partial charge < -0.3 is 0 Å². The minimum atomic E-state index is 0.799. The molecule has 0 aliphatic carbocycles. The summed E-state index contributed by atoms with van der Waals surface area (Å²) in [6, 6.07) is 0. The topological polar surface area (TPSA) is 54.2 Å². The van der Waals surface area contributed by atoms with E-state index in [0.717, 1.165) is 23.5 Å². The normalized spacial score (nSPS) is 26.9. The van der Waals surface area contributed by atoms with Crippen LogP contribution in [0.25, 0.3) is 0 Å². The number of rotatable bonds is 3. The summed E-state index contributed by atoms with van der Waals surface area (Å²) in [6.07, 6.45) is 3.23. The molecule has 0 aromatic carbocycles. The maximum atomic E-state index is 5.32. The van der Waals surface area contributed by atoms with Gasteiger partial charge in [0.15, 0.2) is 5.13 Å². The number of likely N-dealkylation sites (tertiary alicyclic amines) is 1. The van der Waals surface area contributed by atoms with Crippen molar-refractivity contribution < 1.29 is 0 Å². The minimum Gasteiger partial charge on any atom is -0.300 e. The Bertz CT molecular complexity index is 338. The Hall–Kier alpha value is -0.650. The second-order valence-corrected chi connectivity index (χ2v) is 5.87. The summed E-state index contributed by atoms with van der Waals surface area (Å²) in [7, 11) is 0. The van der Waals surface area contributed by atoms with E-state index < -0.39 is 0 Å². The molecule has 1 fully saturated rings. The fourth-order valence-corrected chi connectivity index (χ4v) is 2.93. The molecule has 2 unspecified atom stereocenters. The molecule has 0 saturated carbocycles. The number of piperidine rings is 1. The van der Waals surface area contributed by atoms with E-state index in [1.54, 1.807) is 11.3 Å². The predicted octanol–water partition coefficient (Wildman–Crippen LogP) is 1.91. The average molecular weight is 240 g/mol. The van der Waals surface area contributed by atoms with Crippen LogP contribution in [0.5, 0.6) is 0 Å². The van der Waals surface area contributed by atoms with Gasteiger partial charge in [-0.25, -0.2) is 10.8 Å². The lowest BCUT2D eigenvalue weighted by Gasteiger charge is -2.34. The lowest BCUT2D eigenvalue weighted by Crippen LogP contribution is -2.37. The summed E-state index contributed by atoms with van der Waals surface area (Å²) < 4.78 is 0. The maximum absolute atomic E-state index is 5.32. The Balaban J connectivity index is 1.90. The molecule has 0 spiro atoms. The molecule has 1 aromatic rings. The van der Waals surface area contributed by atoms with Gasteiger partial charge in [-0.15, -0.1) is 0 Å². The van der Waals surface area contributed by atoms with Gasteiger partial charge in [0.2, 0.25) is 0 Å². The number of anilines is 1. The minimum absolute atomic E-state index is 0.799. The zero-order valence-corrected chi connectivity index (χ0v) is 10.8. The highest BCUT2D eigenvalue weighted by atomic mass is 32.1. The number of aromatic nitrogens is 1. The third-order valence-corrected chi connectivity index (χ3v) is 4.39. The van der Waals surface area contributed by atoms with Crippen molar-refractivity contribution in [3.63, 3.8) is 0 Å². The van der Waals surface area contributed by atoms with Crippen molar-refractivity contribution in [3.05, 3.63) is 11.1 Å². The zero-order chi connectivity index (χ0) is 11.5. The molecule has 1 aliphatic heterocycles. The number of nitrogens with zero attached hydrogens (tertiary/aromatic N) is 2. The Labute approximate surface area is 101 Å². The van der Waals surface area contributed by atoms with Gasteiger partial charge in [-0.2, -0.15) is 0 Å². The van der Waals surface area contributed by atoms with Gasteiger partial charge in [-0.3, -0.25) is 10.3 Å². The van der Waals surface area contributed by atoms with Crippen LogP contribution in [-0.4, -0.2) is 23.0 Å². The molecule has 1 saturated heterocycles. The summed E-state index contributed by atoms with van der Waals surface area (Å²) in [5, 5.41) is 0.799. The molecule has 2 heterocycles. The number of hydrogen-bond acceptors (Lipinski definition) is 5. The molecule has 0 bridgehead atoms. The molecule has 5 heteroatoms. The number of hydrazine groups is 1. The highest BCUT2D eigenvalue weighted by molar-refractivity contribution is 7.15. The first kappa shape index (κ1) is 11.8. The van der Waals surface area contributed by atoms with Gasteiger partial charge in [-0.1, -0.05) is 25.2 Å². The van der Waals surface area contributed by atoms with Crippen LogP contribution in [0, 0.1) is 11.8 Å². The first-order valence-electron chi connectivity index (χ1n) is 5.82. The number of nitrogen functional groups attached to an aromatic ring is 1. The molecule has 2 rings (SSSR count). The fraction of sp³-hybridized carbons (Fsp3) is 0.727. The highest BCUT2D eigenvalue weighted by Crippen LogP contribution is 2.25. The SMILES string of the molecule is CC1CCN(Cc2cnc(NN)s2)CC1C. The molecular formula is C11H20N4S. The van der Waals surface area contributed by atoms with Crippen LogP contribution in [-0.2, 0) is 6.54 Å². The second kappa shape index (κ2) is 5.12. The number of hydrogen-bond donors (Lipinski definition) is 2. The standard InChI is InChI=1S/C11H20N4S/c1-8-3-4-15(6-9(8)2)7-10-5-13-11(14-12)16-10/h5,8-9H,3-4,6-7,12H2,1-2H3,(H,13,14). The van der Waals surface area contributed by atoms with Gasteiger partial charge >= 0.3 is 0 Å². The number of nitrogens with two attached hydrogens (primary N) is 1. The molecule has 3 N–H and O–H groups in total. The number of nitrogens with one attached hydrogen (secondary N) is 1. The van der Waals surface area contributed by atoms with Crippen molar-refractivity contribution in [1.29, 1.82) is 0 Å². The Morgan fingerprint density at radius 3 is 3.00 bits per heavy atom. The van der Waals surface area contributed by atoms with E-state index in [1.807, 2.05) is 6.20 Å². The van der Waals surface area contributed by atoms with Crippen LogP contribution in [0.15, 0.2) is 6.20 Å². The van der Waals surface area contributed by atoms with Crippen molar-refractivity contribution in [1.82, 2.24) is 9.88 Å². The first-order valence-corrected chi connectivity index (χ1v) is 6.64. The average Bonchev–Trinajstić information content (AvgIpc) is 2.71. The van der Waals surface area contributed by atoms with Crippen molar-refractivity contribution in [3.8, 4) is 0 Å². The Morgan fingerprint density at radius 1 is 1.56 bits per heavy atom.